The van der Waals surface area contributed by atoms with Gasteiger partial charge in [0.1, 0.15) is 0 Å². The zero-order valence-electron chi connectivity index (χ0n) is 12.5. The molecule has 0 aromatic rings. The first-order valence-corrected chi connectivity index (χ1v) is 7.97. The molecule has 0 radical (unpaired) electrons. The highest BCUT2D eigenvalue weighted by molar-refractivity contribution is 5.73. The summed E-state index contributed by atoms with van der Waals surface area (Å²) in [5.74, 6) is -0.0462. The molecule has 2 aliphatic rings. The summed E-state index contributed by atoms with van der Waals surface area (Å²) in [5.41, 5.74) is 0. The average Bonchev–Trinajstić information content (AvgIpc) is 2.52. The van der Waals surface area contributed by atoms with Crippen molar-refractivity contribution in [2.45, 2.75) is 38.5 Å². The van der Waals surface area contributed by atoms with E-state index in [0.29, 0.717) is 24.9 Å². The maximum absolute atomic E-state index is 11.7. The molecule has 0 aromatic heterocycles. The summed E-state index contributed by atoms with van der Waals surface area (Å²) >= 11 is 0. The number of carboxylic acid groups (broad SMARTS) is 1. The molecule has 1 aliphatic carbocycles. The zero-order chi connectivity index (χ0) is 15.1. The predicted octanol–water partition coefficient (Wildman–Crippen LogP) is 1.60. The fraction of sp³-hybridized carbons (Fsp3) is 0.867. The van der Waals surface area contributed by atoms with E-state index in [4.69, 9.17) is 9.84 Å². The Labute approximate surface area is 125 Å². The summed E-state index contributed by atoms with van der Waals surface area (Å²) in [6, 6.07) is -0.124. The van der Waals surface area contributed by atoms with E-state index in [9.17, 15) is 9.59 Å². The lowest BCUT2D eigenvalue weighted by molar-refractivity contribution is -0.143. The van der Waals surface area contributed by atoms with Gasteiger partial charge in [0.15, 0.2) is 0 Å². The molecule has 3 N–H and O–H groups in total. The van der Waals surface area contributed by atoms with E-state index in [0.717, 1.165) is 51.7 Å². The summed E-state index contributed by atoms with van der Waals surface area (Å²) in [6.45, 7) is 2.87. The molecule has 21 heavy (non-hydrogen) atoms. The van der Waals surface area contributed by atoms with Crippen LogP contribution in [0.3, 0.4) is 0 Å². The molecule has 1 atom stereocenters. The highest BCUT2D eigenvalue weighted by atomic mass is 16.5. The highest BCUT2D eigenvalue weighted by Gasteiger charge is 2.26. The summed E-state index contributed by atoms with van der Waals surface area (Å²) in [4.78, 5) is 22.6. The second kappa shape index (κ2) is 8.22. The Balaban J connectivity index is 1.55. The quantitative estimate of drug-likeness (QED) is 0.719. The van der Waals surface area contributed by atoms with Crippen LogP contribution in [-0.4, -0.2) is 43.4 Å². The minimum absolute atomic E-state index is 0.124. The van der Waals surface area contributed by atoms with E-state index in [-0.39, 0.29) is 11.9 Å². The van der Waals surface area contributed by atoms with Crippen molar-refractivity contribution in [1.82, 2.24) is 10.6 Å². The average molecular weight is 298 g/mol. The van der Waals surface area contributed by atoms with Crippen molar-refractivity contribution < 1.29 is 19.4 Å². The third-order valence-electron chi connectivity index (χ3n) is 4.55. The zero-order valence-corrected chi connectivity index (χ0v) is 12.5. The number of hydrogen-bond acceptors (Lipinski definition) is 3. The monoisotopic (exact) mass is 298 g/mol. The Kier molecular flexibility index (Phi) is 6.29. The van der Waals surface area contributed by atoms with Gasteiger partial charge in [0.05, 0.1) is 12.5 Å². The number of carboxylic acids is 1. The van der Waals surface area contributed by atoms with Gasteiger partial charge in [-0.3, -0.25) is 4.79 Å². The van der Waals surface area contributed by atoms with Gasteiger partial charge in [-0.05, 0) is 50.4 Å². The molecular formula is C15H26N2O4. The summed E-state index contributed by atoms with van der Waals surface area (Å²) in [6.07, 6.45) is 5.40. The van der Waals surface area contributed by atoms with Gasteiger partial charge in [0, 0.05) is 19.7 Å². The largest absolute Gasteiger partial charge is 0.481 e. The molecule has 1 aliphatic heterocycles. The molecule has 1 saturated heterocycles. The topological polar surface area (TPSA) is 87.7 Å². The Bertz CT molecular complexity index is 348. The molecule has 2 fully saturated rings. The third-order valence-corrected chi connectivity index (χ3v) is 4.55. The molecule has 0 bridgehead atoms. The Morgan fingerprint density at radius 3 is 2.24 bits per heavy atom. The SMILES string of the molecule is O=C(NCC1CCC(C(=O)O)CC1)NCC1CCCOC1. The fourth-order valence-corrected chi connectivity index (χ4v) is 3.12. The molecule has 0 aromatic carbocycles. The van der Waals surface area contributed by atoms with E-state index in [1.807, 2.05) is 0 Å². The highest BCUT2D eigenvalue weighted by Crippen LogP contribution is 2.28. The predicted molar refractivity (Wildman–Crippen MR) is 78.0 cm³/mol. The Hall–Kier alpha value is -1.30. The molecule has 1 saturated carbocycles. The van der Waals surface area contributed by atoms with Crippen molar-refractivity contribution in [1.29, 1.82) is 0 Å². The summed E-state index contributed by atoms with van der Waals surface area (Å²) in [7, 11) is 0. The van der Waals surface area contributed by atoms with Crippen molar-refractivity contribution in [3.05, 3.63) is 0 Å². The molecule has 1 unspecified atom stereocenters. The number of rotatable bonds is 5. The summed E-state index contributed by atoms with van der Waals surface area (Å²) < 4.78 is 5.38. The number of hydrogen-bond donors (Lipinski definition) is 3. The van der Waals surface area contributed by atoms with Gasteiger partial charge >= 0.3 is 12.0 Å². The standard InChI is InChI=1S/C15H26N2O4/c18-14(19)13-5-3-11(4-6-13)8-16-15(20)17-9-12-2-1-7-21-10-12/h11-13H,1-10H2,(H,18,19)(H2,16,17,20). The lowest BCUT2D eigenvalue weighted by Gasteiger charge is -2.26. The van der Waals surface area contributed by atoms with E-state index < -0.39 is 5.97 Å². The molecule has 6 nitrogen and oxygen atoms in total. The van der Waals surface area contributed by atoms with Crippen molar-refractivity contribution in [2.75, 3.05) is 26.3 Å². The number of aliphatic carboxylic acids is 1. The second-order valence-corrected chi connectivity index (χ2v) is 6.23. The summed E-state index contributed by atoms with van der Waals surface area (Å²) in [5, 5.41) is 14.7. The second-order valence-electron chi connectivity index (χ2n) is 6.23. The van der Waals surface area contributed by atoms with Crippen LogP contribution in [0.25, 0.3) is 0 Å². The van der Waals surface area contributed by atoms with Crippen LogP contribution in [0, 0.1) is 17.8 Å². The minimum atomic E-state index is -0.686. The van der Waals surface area contributed by atoms with Gasteiger partial charge in [-0.25, -0.2) is 4.79 Å². The van der Waals surface area contributed by atoms with Crippen LogP contribution >= 0.6 is 0 Å². The first-order valence-electron chi connectivity index (χ1n) is 7.97. The molecular weight excluding hydrogens is 272 g/mol. The number of carbonyl (C=O) groups is 2. The van der Waals surface area contributed by atoms with E-state index >= 15 is 0 Å². The lowest BCUT2D eigenvalue weighted by Crippen LogP contribution is -2.42. The number of ether oxygens (including phenoxy) is 1. The van der Waals surface area contributed by atoms with Gasteiger partial charge < -0.3 is 20.5 Å². The van der Waals surface area contributed by atoms with Crippen LogP contribution in [-0.2, 0) is 9.53 Å². The number of carbonyl (C=O) groups excluding carboxylic acids is 1. The number of amides is 2. The smallest absolute Gasteiger partial charge is 0.314 e. The Morgan fingerprint density at radius 1 is 1.00 bits per heavy atom. The number of nitrogens with one attached hydrogen (secondary N) is 2. The van der Waals surface area contributed by atoms with E-state index in [2.05, 4.69) is 10.6 Å². The minimum Gasteiger partial charge on any atom is -0.481 e. The van der Waals surface area contributed by atoms with Gasteiger partial charge in [-0.2, -0.15) is 0 Å². The first-order chi connectivity index (χ1) is 10.1. The van der Waals surface area contributed by atoms with Crippen molar-refractivity contribution >= 4 is 12.0 Å². The molecule has 1 heterocycles. The maximum atomic E-state index is 11.7. The van der Waals surface area contributed by atoms with Crippen LogP contribution in [0.15, 0.2) is 0 Å². The maximum Gasteiger partial charge on any atom is 0.314 e. The first kappa shape index (κ1) is 16.1. The van der Waals surface area contributed by atoms with Gasteiger partial charge in [0.2, 0.25) is 0 Å². The van der Waals surface area contributed by atoms with Gasteiger partial charge in [0.25, 0.3) is 0 Å². The van der Waals surface area contributed by atoms with Crippen LogP contribution in [0.4, 0.5) is 4.79 Å². The normalized spacial score (nSPS) is 29.6. The van der Waals surface area contributed by atoms with Gasteiger partial charge in [-0.1, -0.05) is 0 Å². The molecule has 2 amide bonds. The Morgan fingerprint density at radius 2 is 1.67 bits per heavy atom. The molecule has 2 rings (SSSR count). The fourth-order valence-electron chi connectivity index (χ4n) is 3.12. The lowest BCUT2D eigenvalue weighted by atomic mass is 9.82. The van der Waals surface area contributed by atoms with E-state index in [1.165, 1.54) is 0 Å². The van der Waals surface area contributed by atoms with Crippen LogP contribution in [0.1, 0.15) is 38.5 Å². The van der Waals surface area contributed by atoms with Crippen LogP contribution in [0.2, 0.25) is 0 Å². The third kappa shape index (κ3) is 5.53. The molecule has 6 heteroatoms. The van der Waals surface area contributed by atoms with Crippen molar-refractivity contribution in [2.24, 2.45) is 17.8 Å². The van der Waals surface area contributed by atoms with Crippen LogP contribution in [0.5, 0.6) is 0 Å². The molecule has 0 spiro atoms. The van der Waals surface area contributed by atoms with E-state index in [1.54, 1.807) is 0 Å². The number of urea groups is 1. The van der Waals surface area contributed by atoms with Gasteiger partial charge in [-0.15, -0.1) is 0 Å². The van der Waals surface area contributed by atoms with Crippen molar-refractivity contribution in [3.8, 4) is 0 Å². The van der Waals surface area contributed by atoms with Crippen molar-refractivity contribution in [3.63, 3.8) is 0 Å². The van der Waals surface area contributed by atoms with Crippen LogP contribution < -0.4 is 10.6 Å². The molecule has 120 valence electrons.